The van der Waals surface area contributed by atoms with E-state index in [0.29, 0.717) is 0 Å². The van der Waals surface area contributed by atoms with Crippen molar-refractivity contribution in [3.05, 3.63) is 10.5 Å². The van der Waals surface area contributed by atoms with Gasteiger partial charge in [0.25, 0.3) is 0 Å². The van der Waals surface area contributed by atoms with Crippen LogP contribution >= 0.6 is 39.0 Å². The van der Waals surface area contributed by atoms with Gasteiger partial charge in [-0.25, -0.2) is 0 Å². The number of rotatable bonds is 2. The molecular weight excluding hydrogens is 232 g/mol. The van der Waals surface area contributed by atoms with Crippen LogP contribution in [-0.4, -0.2) is 13.4 Å². The highest BCUT2D eigenvalue weighted by Gasteiger charge is 2.04. The smallest absolute Gasteiger partial charge is 0.175 e. The summed E-state index contributed by atoms with van der Waals surface area (Å²) < 4.78 is 7.44. The van der Waals surface area contributed by atoms with Crippen molar-refractivity contribution in [2.75, 3.05) is 13.4 Å². The van der Waals surface area contributed by atoms with E-state index in [1.54, 1.807) is 30.2 Å². The Hall–Kier alpha value is 0.330. The summed E-state index contributed by atoms with van der Waals surface area (Å²) >= 11 is 6.80. The van der Waals surface area contributed by atoms with Gasteiger partial charge in [-0.05, 0) is 22.2 Å². The van der Waals surface area contributed by atoms with Crippen LogP contribution in [0.2, 0.25) is 0 Å². The van der Waals surface area contributed by atoms with E-state index >= 15 is 0 Å². The number of thioether (sulfide) groups is 1. The molecule has 0 amide bonds. The highest BCUT2D eigenvalue weighted by Crippen LogP contribution is 2.38. The van der Waals surface area contributed by atoms with Crippen LogP contribution in [0.5, 0.6) is 5.06 Å². The van der Waals surface area contributed by atoms with Crippen LogP contribution in [0.25, 0.3) is 0 Å². The van der Waals surface area contributed by atoms with Gasteiger partial charge in [-0.1, -0.05) is 11.3 Å². The molecule has 0 aromatic carbocycles. The number of hydrogen-bond acceptors (Lipinski definition) is 3. The molecule has 56 valence electrons. The fourth-order valence-electron chi connectivity index (χ4n) is 0.572. The monoisotopic (exact) mass is 238 g/mol. The molecule has 0 unspecified atom stereocenters. The van der Waals surface area contributed by atoms with E-state index < -0.39 is 0 Å². The second-order valence-electron chi connectivity index (χ2n) is 1.61. The number of thiophene rings is 1. The van der Waals surface area contributed by atoms with E-state index in [1.807, 2.05) is 6.07 Å². The molecule has 0 saturated carbocycles. The van der Waals surface area contributed by atoms with Gasteiger partial charge in [0.1, 0.15) is 0 Å². The van der Waals surface area contributed by atoms with Crippen molar-refractivity contribution in [1.29, 1.82) is 0 Å². The predicted molar refractivity (Wildman–Crippen MR) is 50.4 cm³/mol. The first-order valence-electron chi connectivity index (χ1n) is 2.65. The number of ether oxygens (including phenoxy) is 1. The highest BCUT2D eigenvalue weighted by atomic mass is 79.9. The third-order valence-electron chi connectivity index (χ3n) is 1.02. The van der Waals surface area contributed by atoms with Crippen molar-refractivity contribution in [2.24, 2.45) is 0 Å². The zero-order chi connectivity index (χ0) is 7.56. The summed E-state index contributed by atoms with van der Waals surface area (Å²) in [5, 5.41) is 0.955. The molecule has 0 aliphatic carbocycles. The fraction of sp³-hybridized carbons (Fsp3) is 0.333. The summed E-state index contributed by atoms with van der Waals surface area (Å²) in [5.41, 5.74) is 0. The summed E-state index contributed by atoms with van der Waals surface area (Å²) in [4.78, 5) is 0. The normalized spacial score (nSPS) is 9.90. The predicted octanol–water partition coefficient (Wildman–Crippen LogP) is 3.24. The number of methoxy groups -OCH3 is 1. The fourth-order valence-corrected chi connectivity index (χ4v) is 3.09. The lowest BCUT2D eigenvalue weighted by atomic mass is 10.6. The van der Waals surface area contributed by atoms with Gasteiger partial charge in [0.05, 0.1) is 11.3 Å². The molecule has 1 rings (SSSR count). The summed E-state index contributed by atoms with van der Waals surface area (Å²) in [5.74, 6) is 0. The van der Waals surface area contributed by atoms with Gasteiger partial charge in [0, 0.05) is 10.5 Å². The van der Waals surface area contributed by atoms with E-state index in [-0.39, 0.29) is 0 Å². The Morgan fingerprint density at radius 2 is 2.40 bits per heavy atom. The van der Waals surface area contributed by atoms with E-state index in [0.717, 1.165) is 9.54 Å². The molecule has 10 heavy (non-hydrogen) atoms. The Morgan fingerprint density at radius 3 is 2.70 bits per heavy atom. The Labute approximate surface area is 76.9 Å². The molecule has 0 aliphatic heterocycles. The lowest BCUT2D eigenvalue weighted by molar-refractivity contribution is 0.427. The van der Waals surface area contributed by atoms with Crippen molar-refractivity contribution >= 4 is 39.0 Å². The van der Waals surface area contributed by atoms with Crippen molar-refractivity contribution < 1.29 is 4.74 Å². The first-order chi connectivity index (χ1) is 4.77. The van der Waals surface area contributed by atoms with Crippen molar-refractivity contribution in [3.8, 4) is 5.06 Å². The van der Waals surface area contributed by atoms with Gasteiger partial charge >= 0.3 is 0 Å². The summed E-state index contributed by atoms with van der Waals surface area (Å²) in [6, 6.07) is 1.98. The molecule has 1 nitrogen and oxygen atoms in total. The Morgan fingerprint density at radius 1 is 1.70 bits per heavy atom. The minimum atomic E-state index is 0.955. The molecule has 1 aromatic heterocycles. The average molecular weight is 239 g/mol. The lowest BCUT2D eigenvalue weighted by Gasteiger charge is -1.88. The second kappa shape index (κ2) is 3.64. The SMILES string of the molecule is COc1cc(Br)c(SC)s1. The van der Waals surface area contributed by atoms with Crippen LogP contribution in [0.15, 0.2) is 14.7 Å². The van der Waals surface area contributed by atoms with E-state index in [1.165, 1.54) is 4.21 Å². The van der Waals surface area contributed by atoms with Crippen LogP contribution in [0.3, 0.4) is 0 Å². The Kier molecular flexibility index (Phi) is 3.07. The Balaban J connectivity index is 2.92. The third-order valence-corrected chi connectivity index (χ3v) is 4.40. The quantitative estimate of drug-likeness (QED) is 0.732. The first kappa shape index (κ1) is 8.43. The summed E-state index contributed by atoms with van der Waals surface area (Å²) in [6.07, 6.45) is 2.05. The number of hydrogen-bond donors (Lipinski definition) is 0. The van der Waals surface area contributed by atoms with Gasteiger partial charge in [-0.3, -0.25) is 0 Å². The topological polar surface area (TPSA) is 9.23 Å². The van der Waals surface area contributed by atoms with Gasteiger partial charge in [0.2, 0.25) is 0 Å². The number of halogens is 1. The van der Waals surface area contributed by atoms with Crippen molar-refractivity contribution in [2.45, 2.75) is 4.21 Å². The molecule has 1 aromatic rings. The van der Waals surface area contributed by atoms with Crippen LogP contribution < -0.4 is 4.74 Å². The van der Waals surface area contributed by atoms with Crippen LogP contribution in [0, 0.1) is 0 Å². The molecule has 0 N–H and O–H groups in total. The van der Waals surface area contributed by atoms with Gasteiger partial charge in [-0.2, -0.15) is 0 Å². The lowest BCUT2D eigenvalue weighted by Crippen LogP contribution is -1.73. The zero-order valence-electron chi connectivity index (χ0n) is 5.68. The first-order valence-corrected chi connectivity index (χ1v) is 5.48. The molecule has 0 radical (unpaired) electrons. The summed E-state index contributed by atoms with van der Waals surface area (Å²) in [7, 11) is 1.68. The largest absolute Gasteiger partial charge is 0.487 e. The van der Waals surface area contributed by atoms with Crippen molar-refractivity contribution in [3.63, 3.8) is 0 Å². The average Bonchev–Trinajstić information content (AvgIpc) is 2.30. The van der Waals surface area contributed by atoms with Gasteiger partial charge in [-0.15, -0.1) is 11.8 Å². The van der Waals surface area contributed by atoms with E-state index in [9.17, 15) is 0 Å². The molecule has 1 heterocycles. The molecule has 0 spiro atoms. The maximum absolute atomic E-state index is 5.05. The molecule has 0 atom stereocenters. The van der Waals surface area contributed by atoms with Gasteiger partial charge in [0.15, 0.2) is 5.06 Å². The van der Waals surface area contributed by atoms with Crippen LogP contribution in [0.1, 0.15) is 0 Å². The maximum Gasteiger partial charge on any atom is 0.175 e. The van der Waals surface area contributed by atoms with Crippen LogP contribution in [-0.2, 0) is 0 Å². The standard InChI is InChI=1S/C6H7BrOS2/c1-8-5-3-4(7)6(9-2)10-5/h3H,1-2H3. The minimum absolute atomic E-state index is 0.955. The van der Waals surface area contributed by atoms with E-state index in [4.69, 9.17) is 4.74 Å². The summed E-state index contributed by atoms with van der Waals surface area (Å²) in [6.45, 7) is 0. The van der Waals surface area contributed by atoms with Crippen molar-refractivity contribution in [1.82, 2.24) is 0 Å². The third kappa shape index (κ3) is 1.68. The Bertz CT molecular complexity index is 222. The highest BCUT2D eigenvalue weighted by molar-refractivity contribution is 9.10. The molecule has 0 aliphatic rings. The van der Waals surface area contributed by atoms with Crippen LogP contribution in [0.4, 0.5) is 0 Å². The molecule has 0 saturated heterocycles. The maximum atomic E-state index is 5.05. The van der Waals surface area contributed by atoms with Gasteiger partial charge < -0.3 is 4.74 Å². The molecular formula is C6H7BrOS2. The molecule has 0 bridgehead atoms. The molecule has 4 heteroatoms. The van der Waals surface area contributed by atoms with E-state index in [2.05, 4.69) is 22.2 Å². The zero-order valence-corrected chi connectivity index (χ0v) is 8.90. The second-order valence-corrected chi connectivity index (χ2v) is 4.55. The molecule has 0 fully saturated rings. The minimum Gasteiger partial charge on any atom is -0.487 e.